The van der Waals surface area contributed by atoms with E-state index in [-0.39, 0.29) is 24.8 Å². The molecule has 1 heterocycles. The molecule has 20 heavy (non-hydrogen) atoms. The summed E-state index contributed by atoms with van der Waals surface area (Å²) in [5, 5.41) is 2.72. The minimum atomic E-state index is -4.20. The zero-order valence-corrected chi connectivity index (χ0v) is 11.2. The molecule has 1 fully saturated rings. The molecule has 0 radical (unpaired) electrons. The number of alkyl halides is 3. The molecule has 2 N–H and O–H groups in total. The van der Waals surface area contributed by atoms with Crippen LogP contribution in [0.1, 0.15) is 44.5 Å². The summed E-state index contributed by atoms with van der Waals surface area (Å²) in [6.45, 7) is 1.75. The normalized spacial score (nSPS) is 25.2. The Morgan fingerprint density at radius 1 is 1.50 bits per heavy atom. The number of halogens is 3. The molecule has 1 aromatic heterocycles. The molecule has 1 aliphatic rings. The van der Waals surface area contributed by atoms with Crippen LogP contribution in [0.2, 0.25) is 0 Å². The average molecular weight is 289 g/mol. The Balaban J connectivity index is 1.92. The van der Waals surface area contributed by atoms with Crippen LogP contribution in [0.25, 0.3) is 0 Å². The monoisotopic (exact) mass is 289 g/mol. The molecule has 1 amide bonds. The van der Waals surface area contributed by atoms with Crippen molar-refractivity contribution in [1.29, 1.82) is 0 Å². The highest BCUT2D eigenvalue weighted by Gasteiger charge is 2.43. The molecule has 1 aromatic rings. The smallest absolute Gasteiger partial charge is 0.347 e. The van der Waals surface area contributed by atoms with Crippen molar-refractivity contribution in [3.8, 4) is 0 Å². The van der Waals surface area contributed by atoms with Gasteiger partial charge in [0, 0.05) is 18.3 Å². The van der Waals surface area contributed by atoms with Crippen LogP contribution in [0.5, 0.6) is 0 Å². The number of nitrogens with one attached hydrogen (secondary N) is 2. The van der Waals surface area contributed by atoms with Gasteiger partial charge in [-0.15, -0.1) is 0 Å². The van der Waals surface area contributed by atoms with Crippen LogP contribution >= 0.6 is 0 Å². The van der Waals surface area contributed by atoms with Crippen LogP contribution in [-0.4, -0.2) is 22.1 Å². The number of H-pyrrole nitrogens is 1. The van der Waals surface area contributed by atoms with Crippen molar-refractivity contribution in [3.63, 3.8) is 0 Å². The average Bonchev–Trinajstić information content (AvgIpc) is 2.91. The molecule has 0 spiro atoms. The summed E-state index contributed by atoms with van der Waals surface area (Å²) < 4.78 is 38.2. The number of carbonyl (C=O) groups is 1. The SMILES string of the molecule is CC(NC(=O)C1CCCC(C(F)(F)F)C1)c1ncc[nH]1. The van der Waals surface area contributed by atoms with E-state index in [9.17, 15) is 18.0 Å². The van der Waals surface area contributed by atoms with E-state index in [4.69, 9.17) is 0 Å². The van der Waals surface area contributed by atoms with Crippen LogP contribution in [0, 0.1) is 11.8 Å². The Kier molecular flexibility index (Phi) is 4.35. The summed E-state index contributed by atoms with van der Waals surface area (Å²) in [7, 11) is 0. The number of rotatable bonds is 3. The highest BCUT2D eigenvalue weighted by Crippen LogP contribution is 2.40. The molecule has 4 nitrogen and oxygen atoms in total. The van der Waals surface area contributed by atoms with Gasteiger partial charge in [-0.2, -0.15) is 13.2 Å². The molecule has 112 valence electrons. The van der Waals surface area contributed by atoms with Gasteiger partial charge in [-0.25, -0.2) is 4.98 Å². The molecular formula is C13H18F3N3O. The lowest BCUT2D eigenvalue weighted by Gasteiger charge is -2.30. The van der Waals surface area contributed by atoms with E-state index in [0.717, 1.165) is 0 Å². The number of hydrogen-bond donors (Lipinski definition) is 2. The van der Waals surface area contributed by atoms with Gasteiger partial charge >= 0.3 is 6.18 Å². The van der Waals surface area contributed by atoms with E-state index in [2.05, 4.69) is 15.3 Å². The van der Waals surface area contributed by atoms with Crippen LogP contribution in [0.3, 0.4) is 0 Å². The summed E-state index contributed by atoms with van der Waals surface area (Å²) in [5.41, 5.74) is 0. The number of amides is 1. The Hall–Kier alpha value is -1.53. The summed E-state index contributed by atoms with van der Waals surface area (Å²) >= 11 is 0. The zero-order valence-electron chi connectivity index (χ0n) is 11.2. The van der Waals surface area contributed by atoms with Gasteiger partial charge in [-0.1, -0.05) is 6.42 Å². The third kappa shape index (κ3) is 3.52. The highest BCUT2D eigenvalue weighted by atomic mass is 19.4. The maximum Gasteiger partial charge on any atom is 0.391 e. The summed E-state index contributed by atoms with van der Waals surface area (Å²) in [4.78, 5) is 18.9. The van der Waals surface area contributed by atoms with Gasteiger partial charge in [0.1, 0.15) is 5.82 Å². The summed E-state index contributed by atoms with van der Waals surface area (Å²) in [6.07, 6.45) is -0.0238. The molecular weight excluding hydrogens is 271 g/mol. The Morgan fingerprint density at radius 3 is 2.85 bits per heavy atom. The Morgan fingerprint density at radius 2 is 2.25 bits per heavy atom. The lowest BCUT2D eigenvalue weighted by atomic mass is 9.80. The predicted molar refractivity (Wildman–Crippen MR) is 66.6 cm³/mol. The minimum absolute atomic E-state index is 0.111. The number of aromatic amines is 1. The topological polar surface area (TPSA) is 57.8 Å². The first kappa shape index (κ1) is 14.9. The molecule has 1 saturated carbocycles. The number of aromatic nitrogens is 2. The third-order valence-corrected chi connectivity index (χ3v) is 3.80. The maximum atomic E-state index is 12.7. The van der Waals surface area contributed by atoms with Crippen molar-refractivity contribution in [2.75, 3.05) is 0 Å². The van der Waals surface area contributed by atoms with Gasteiger partial charge < -0.3 is 10.3 Å². The summed E-state index contributed by atoms with van der Waals surface area (Å²) in [6, 6.07) is -0.330. The second-order valence-electron chi connectivity index (χ2n) is 5.31. The van der Waals surface area contributed by atoms with Crippen molar-refractivity contribution in [2.24, 2.45) is 11.8 Å². The fourth-order valence-electron chi connectivity index (χ4n) is 2.64. The maximum absolute atomic E-state index is 12.7. The van der Waals surface area contributed by atoms with Crippen LogP contribution in [0.15, 0.2) is 12.4 Å². The first-order valence-electron chi connectivity index (χ1n) is 6.74. The highest BCUT2D eigenvalue weighted by molar-refractivity contribution is 5.79. The molecule has 7 heteroatoms. The van der Waals surface area contributed by atoms with Crippen LogP contribution < -0.4 is 5.32 Å². The van der Waals surface area contributed by atoms with Crippen LogP contribution in [0.4, 0.5) is 13.2 Å². The lowest BCUT2D eigenvalue weighted by Crippen LogP contribution is -2.38. The molecule has 3 unspecified atom stereocenters. The van der Waals surface area contributed by atoms with Crippen molar-refractivity contribution in [3.05, 3.63) is 18.2 Å². The van der Waals surface area contributed by atoms with E-state index in [1.807, 2.05) is 0 Å². The third-order valence-electron chi connectivity index (χ3n) is 3.80. The first-order valence-corrected chi connectivity index (χ1v) is 6.74. The van der Waals surface area contributed by atoms with Gasteiger partial charge in [0.05, 0.1) is 12.0 Å². The molecule has 0 bridgehead atoms. The van der Waals surface area contributed by atoms with Crippen molar-refractivity contribution >= 4 is 5.91 Å². The Bertz CT molecular complexity index is 444. The van der Waals surface area contributed by atoms with Gasteiger partial charge in [0.2, 0.25) is 5.91 Å². The van der Waals surface area contributed by atoms with Crippen molar-refractivity contribution in [1.82, 2.24) is 15.3 Å². The number of imidazole rings is 1. The molecule has 0 aromatic carbocycles. The van der Waals surface area contributed by atoms with Crippen LogP contribution in [-0.2, 0) is 4.79 Å². The van der Waals surface area contributed by atoms with E-state index >= 15 is 0 Å². The lowest BCUT2D eigenvalue weighted by molar-refractivity contribution is -0.186. The molecule has 3 atom stereocenters. The molecule has 2 rings (SSSR count). The van der Waals surface area contributed by atoms with E-state index in [0.29, 0.717) is 18.7 Å². The Labute approximate surface area is 115 Å². The molecule has 0 aliphatic heterocycles. The van der Waals surface area contributed by atoms with E-state index in [1.54, 1.807) is 19.3 Å². The van der Waals surface area contributed by atoms with E-state index < -0.39 is 18.0 Å². The predicted octanol–water partition coefficient (Wildman–Crippen LogP) is 2.96. The standard InChI is InChI=1S/C13H18F3N3O/c1-8(11-17-5-6-18-11)19-12(20)9-3-2-4-10(7-9)13(14,15)16/h5-6,8-10H,2-4,7H2,1H3,(H,17,18)(H,19,20). The molecule has 1 aliphatic carbocycles. The second kappa shape index (κ2) is 5.85. The quantitative estimate of drug-likeness (QED) is 0.898. The number of hydrogen-bond acceptors (Lipinski definition) is 2. The van der Waals surface area contributed by atoms with Gasteiger partial charge in [0.25, 0.3) is 0 Å². The zero-order chi connectivity index (χ0) is 14.8. The fraction of sp³-hybridized carbons (Fsp3) is 0.692. The number of carbonyl (C=O) groups excluding carboxylic acids is 1. The minimum Gasteiger partial charge on any atom is -0.347 e. The second-order valence-corrected chi connectivity index (χ2v) is 5.31. The fourth-order valence-corrected chi connectivity index (χ4v) is 2.64. The van der Waals surface area contributed by atoms with Crippen molar-refractivity contribution < 1.29 is 18.0 Å². The summed E-state index contributed by atoms with van der Waals surface area (Å²) in [5.74, 6) is -1.64. The van der Waals surface area contributed by atoms with E-state index in [1.165, 1.54) is 0 Å². The van der Waals surface area contributed by atoms with Gasteiger partial charge in [-0.3, -0.25) is 4.79 Å². The van der Waals surface area contributed by atoms with Gasteiger partial charge in [-0.05, 0) is 26.2 Å². The van der Waals surface area contributed by atoms with Gasteiger partial charge in [0.15, 0.2) is 0 Å². The van der Waals surface area contributed by atoms with Crippen molar-refractivity contribution in [2.45, 2.75) is 44.8 Å². The number of nitrogens with zero attached hydrogens (tertiary/aromatic N) is 1. The molecule has 0 saturated heterocycles. The largest absolute Gasteiger partial charge is 0.391 e. The first-order chi connectivity index (χ1) is 9.38.